The van der Waals surface area contributed by atoms with Crippen LogP contribution >= 0.6 is 0 Å². The maximum atomic E-state index is 11.8. The molecule has 0 radical (unpaired) electrons. The van der Waals surface area contributed by atoms with Crippen LogP contribution in [0.4, 0.5) is 0 Å². The standard InChI is InChI=1S/C10H18N2O3/c13-10(12-4-1-2-5-15-12)7-9-8-14-6-3-11-9/h9,11H,1-8H2. The van der Waals surface area contributed by atoms with Gasteiger partial charge in [0.05, 0.1) is 19.8 Å². The van der Waals surface area contributed by atoms with Crippen molar-refractivity contribution < 1.29 is 14.4 Å². The van der Waals surface area contributed by atoms with Crippen molar-refractivity contribution in [3.63, 3.8) is 0 Å². The highest BCUT2D eigenvalue weighted by Crippen LogP contribution is 2.09. The van der Waals surface area contributed by atoms with Gasteiger partial charge in [0.2, 0.25) is 5.91 Å². The Morgan fingerprint density at radius 1 is 1.40 bits per heavy atom. The maximum Gasteiger partial charge on any atom is 0.247 e. The summed E-state index contributed by atoms with van der Waals surface area (Å²) in [6.45, 7) is 3.59. The van der Waals surface area contributed by atoms with Crippen molar-refractivity contribution in [2.75, 3.05) is 32.9 Å². The van der Waals surface area contributed by atoms with Gasteiger partial charge in [-0.25, -0.2) is 5.06 Å². The van der Waals surface area contributed by atoms with Crippen LogP contribution in [0.25, 0.3) is 0 Å². The first-order valence-electron chi connectivity index (χ1n) is 5.60. The van der Waals surface area contributed by atoms with Crippen molar-refractivity contribution in [3.8, 4) is 0 Å². The lowest BCUT2D eigenvalue weighted by Gasteiger charge is -2.29. The van der Waals surface area contributed by atoms with Crippen LogP contribution < -0.4 is 5.32 Å². The van der Waals surface area contributed by atoms with Crippen LogP contribution in [0.3, 0.4) is 0 Å². The molecule has 2 fully saturated rings. The van der Waals surface area contributed by atoms with Gasteiger partial charge in [-0.3, -0.25) is 9.63 Å². The van der Waals surface area contributed by atoms with E-state index in [9.17, 15) is 4.79 Å². The zero-order valence-electron chi connectivity index (χ0n) is 8.91. The lowest BCUT2D eigenvalue weighted by molar-refractivity contribution is -0.198. The molecule has 86 valence electrons. The topological polar surface area (TPSA) is 50.8 Å². The van der Waals surface area contributed by atoms with Crippen molar-refractivity contribution in [2.24, 2.45) is 0 Å². The molecule has 0 aromatic heterocycles. The third kappa shape index (κ3) is 3.15. The second-order valence-corrected chi connectivity index (χ2v) is 3.97. The number of morpholine rings is 1. The number of nitrogens with one attached hydrogen (secondary N) is 1. The molecule has 0 bridgehead atoms. The summed E-state index contributed by atoms with van der Waals surface area (Å²) >= 11 is 0. The van der Waals surface area contributed by atoms with E-state index >= 15 is 0 Å². The Labute approximate surface area is 89.7 Å². The molecule has 0 aromatic rings. The molecule has 0 aliphatic carbocycles. The van der Waals surface area contributed by atoms with Gasteiger partial charge >= 0.3 is 0 Å². The van der Waals surface area contributed by atoms with Crippen molar-refractivity contribution >= 4 is 5.91 Å². The molecule has 0 aromatic carbocycles. The number of carbonyl (C=O) groups excluding carboxylic acids is 1. The van der Waals surface area contributed by atoms with E-state index in [4.69, 9.17) is 9.57 Å². The number of amides is 1. The summed E-state index contributed by atoms with van der Waals surface area (Å²) in [5, 5.41) is 4.76. The molecule has 5 nitrogen and oxygen atoms in total. The normalized spacial score (nSPS) is 27.7. The van der Waals surface area contributed by atoms with Crippen LogP contribution in [-0.2, 0) is 14.4 Å². The highest BCUT2D eigenvalue weighted by molar-refractivity contribution is 5.75. The molecular weight excluding hydrogens is 196 g/mol. The fraction of sp³-hybridized carbons (Fsp3) is 0.900. The van der Waals surface area contributed by atoms with Crippen molar-refractivity contribution in [3.05, 3.63) is 0 Å². The average Bonchev–Trinajstić information content (AvgIpc) is 2.31. The van der Waals surface area contributed by atoms with Crippen LogP contribution in [-0.4, -0.2) is 49.9 Å². The van der Waals surface area contributed by atoms with E-state index in [-0.39, 0.29) is 11.9 Å². The van der Waals surface area contributed by atoms with Gasteiger partial charge < -0.3 is 10.1 Å². The van der Waals surface area contributed by atoms with Gasteiger partial charge in [-0.1, -0.05) is 0 Å². The zero-order valence-corrected chi connectivity index (χ0v) is 8.91. The monoisotopic (exact) mass is 214 g/mol. The average molecular weight is 214 g/mol. The first-order chi connectivity index (χ1) is 7.36. The third-order valence-electron chi connectivity index (χ3n) is 2.70. The Hall–Kier alpha value is -0.650. The van der Waals surface area contributed by atoms with Crippen LogP contribution in [0.15, 0.2) is 0 Å². The van der Waals surface area contributed by atoms with E-state index in [0.29, 0.717) is 19.6 Å². The minimum Gasteiger partial charge on any atom is -0.378 e. The van der Waals surface area contributed by atoms with E-state index in [1.807, 2.05) is 0 Å². The van der Waals surface area contributed by atoms with Crippen molar-refractivity contribution in [2.45, 2.75) is 25.3 Å². The van der Waals surface area contributed by atoms with Crippen molar-refractivity contribution in [1.82, 2.24) is 10.4 Å². The van der Waals surface area contributed by atoms with Gasteiger partial charge in [0.15, 0.2) is 0 Å². The summed E-state index contributed by atoms with van der Waals surface area (Å²) in [5.74, 6) is 0.0673. The fourth-order valence-electron chi connectivity index (χ4n) is 1.86. The summed E-state index contributed by atoms with van der Waals surface area (Å²) in [7, 11) is 0. The molecule has 2 saturated heterocycles. The minimum absolute atomic E-state index is 0.0673. The number of hydroxylamine groups is 2. The van der Waals surface area contributed by atoms with E-state index < -0.39 is 0 Å². The van der Waals surface area contributed by atoms with Gasteiger partial charge in [-0.15, -0.1) is 0 Å². The van der Waals surface area contributed by atoms with E-state index in [2.05, 4.69) is 5.32 Å². The number of ether oxygens (including phenoxy) is 1. The molecule has 1 atom stereocenters. The Bertz CT molecular complexity index is 211. The zero-order chi connectivity index (χ0) is 10.5. The molecule has 0 spiro atoms. The van der Waals surface area contributed by atoms with Crippen LogP contribution in [0, 0.1) is 0 Å². The van der Waals surface area contributed by atoms with E-state index in [1.165, 1.54) is 5.06 Å². The predicted octanol–water partition coefficient (Wildman–Crippen LogP) is -0.0811. The summed E-state index contributed by atoms with van der Waals surface area (Å²) in [6, 6.07) is 0.150. The Morgan fingerprint density at radius 3 is 3.00 bits per heavy atom. The summed E-state index contributed by atoms with van der Waals surface area (Å²) in [6.07, 6.45) is 2.56. The largest absolute Gasteiger partial charge is 0.378 e. The molecule has 15 heavy (non-hydrogen) atoms. The van der Waals surface area contributed by atoms with Gasteiger partial charge in [-0.05, 0) is 12.8 Å². The van der Waals surface area contributed by atoms with Crippen LogP contribution in [0.2, 0.25) is 0 Å². The minimum atomic E-state index is 0.0673. The predicted molar refractivity (Wildman–Crippen MR) is 54.1 cm³/mol. The summed E-state index contributed by atoms with van der Waals surface area (Å²) in [5.41, 5.74) is 0. The lowest BCUT2D eigenvalue weighted by atomic mass is 10.2. The molecule has 1 unspecified atom stereocenters. The second kappa shape index (κ2) is 5.44. The first-order valence-corrected chi connectivity index (χ1v) is 5.60. The first kappa shape index (κ1) is 10.9. The quantitative estimate of drug-likeness (QED) is 0.698. The molecule has 2 aliphatic heterocycles. The van der Waals surface area contributed by atoms with Gasteiger partial charge in [0.1, 0.15) is 0 Å². The molecule has 5 heteroatoms. The Balaban J connectivity index is 1.74. The number of nitrogens with zero attached hydrogens (tertiary/aromatic N) is 1. The van der Waals surface area contributed by atoms with E-state index in [1.54, 1.807) is 0 Å². The number of rotatable bonds is 2. The molecule has 1 amide bonds. The smallest absolute Gasteiger partial charge is 0.247 e. The lowest BCUT2D eigenvalue weighted by Crippen LogP contribution is -2.46. The Morgan fingerprint density at radius 2 is 2.33 bits per heavy atom. The highest BCUT2D eigenvalue weighted by Gasteiger charge is 2.22. The second-order valence-electron chi connectivity index (χ2n) is 3.97. The number of hydrogen-bond donors (Lipinski definition) is 1. The number of carbonyl (C=O) groups is 1. The highest BCUT2D eigenvalue weighted by atomic mass is 16.7. The molecule has 2 heterocycles. The van der Waals surface area contributed by atoms with Gasteiger partial charge in [-0.2, -0.15) is 0 Å². The molecule has 2 aliphatic rings. The summed E-state index contributed by atoms with van der Waals surface area (Å²) in [4.78, 5) is 17.1. The summed E-state index contributed by atoms with van der Waals surface area (Å²) < 4.78 is 5.30. The van der Waals surface area contributed by atoms with Crippen molar-refractivity contribution in [1.29, 1.82) is 0 Å². The molecule has 0 saturated carbocycles. The Kier molecular flexibility index (Phi) is 3.94. The maximum absolute atomic E-state index is 11.8. The SMILES string of the molecule is O=C(CC1COCCN1)N1CCCCO1. The molecule has 2 rings (SSSR count). The fourth-order valence-corrected chi connectivity index (χ4v) is 1.86. The molecular formula is C10H18N2O3. The van der Waals surface area contributed by atoms with E-state index in [0.717, 1.165) is 32.5 Å². The van der Waals surface area contributed by atoms with Gasteiger partial charge in [0, 0.05) is 25.6 Å². The third-order valence-corrected chi connectivity index (χ3v) is 2.70. The van der Waals surface area contributed by atoms with Crippen LogP contribution in [0.5, 0.6) is 0 Å². The number of hydrogen-bond acceptors (Lipinski definition) is 4. The van der Waals surface area contributed by atoms with Gasteiger partial charge in [0.25, 0.3) is 0 Å². The van der Waals surface area contributed by atoms with Crippen LogP contribution in [0.1, 0.15) is 19.3 Å². The molecule has 1 N–H and O–H groups in total.